The van der Waals surface area contributed by atoms with E-state index in [-0.39, 0.29) is 34.5 Å². The van der Waals surface area contributed by atoms with Crippen LogP contribution in [-0.2, 0) is 18.3 Å². The Morgan fingerprint density at radius 3 is 2.27 bits per heavy atom. The van der Waals surface area contributed by atoms with Crippen molar-refractivity contribution in [2.24, 2.45) is 0 Å². The van der Waals surface area contributed by atoms with Crippen molar-refractivity contribution in [3.05, 3.63) is 48.5 Å². The van der Waals surface area contributed by atoms with E-state index in [9.17, 15) is 14.3 Å². The number of fused-ring (bicyclic) bond motifs is 1. The Labute approximate surface area is 242 Å². The Kier molecular flexibility index (Phi) is 10.9. The maximum absolute atomic E-state index is 12.8. The van der Waals surface area contributed by atoms with Gasteiger partial charge in [0.05, 0.1) is 12.4 Å². The third-order valence-electron chi connectivity index (χ3n) is 7.85. The van der Waals surface area contributed by atoms with Gasteiger partial charge in [-0.2, -0.15) is 0 Å². The van der Waals surface area contributed by atoms with E-state index < -0.39 is 41.1 Å². The molecule has 5 atom stereocenters. The van der Waals surface area contributed by atoms with Crippen molar-refractivity contribution in [2.75, 3.05) is 5.32 Å². The number of anilines is 1. The fraction of sp³-hybridized carbons (Fsp3) is 0.556. The average Bonchev–Trinajstić information content (AvgIpc) is 3.48. The van der Waals surface area contributed by atoms with Crippen molar-refractivity contribution in [3.63, 3.8) is 0 Å². The van der Waals surface area contributed by atoms with Crippen molar-refractivity contribution >= 4 is 39.5 Å². The van der Waals surface area contributed by atoms with Crippen LogP contribution in [0.25, 0.3) is 11.2 Å². The summed E-state index contributed by atoms with van der Waals surface area (Å²) < 4.78 is 32.9. The minimum atomic E-state index is -2.90. The van der Waals surface area contributed by atoms with Gasteiger partial charge in [0.15, 0.2) is 29.3 Å². The summed E-state index contributed by atoms with van der Waals surface area (Å²) in [6, 6.07) is 8.84. The topological polar surface area (TPSA) is 173 Å². The molecule has 1 saturated heterocycles. The minimum Gasteiger partial charge on any atom is -0.406 e. The third-order valence-corrected chi connectivity index (χ3v) is 14.4. The second-order valence-corrected chi connectivity index (χ2v) is 17.1. The van der Waals surface area contributed by atoms with E-state index in [2.05, 4.69) is 61.8 Å². The lowest BCUT2D eigenvalue weighted by Crippen LogP contribution is -2.53. The molecule has 3 heterocycles. The molecule has 14 heteroatoms. The highest BCUT2D eigenvalue weighted by Gasteiger charge is 2.56. The first kappa shape index (κ1) is 32.9. The monoisotopic (exact) mass is 605 g/mol. The van der Waals surface area contributed by atoms with Crippen molar-refractivity contribution in [2.45, 2.75) is 96.1 Å². The number of hydrogen-bond acceptors (Lipinski definition) is 9. The number of carbonyl (C=O) groups excluding carboxylic acids is 1. The SMILES string of the molecule is CC[C@H]1O[C@@H](n2cnc3c(NC(=O)c4ccccc4)ncnc32)[C@H](O[Si](C(C)C)(C(C)C)C(C)C)[C@H]1O[P+](=O)O.N. The van der Waals surface area contributed by atoms with Crippen molar-refractivity contribution in [1.29, 1.82) is 0 Å². The van der Waals surface area contributed by atoms with Crippen molar-refractivity contribution < 1.29 is 27.9 Å². The van der Waals surface area contributed by atoms with Crippen LogP contribution in [0.1, 0.15) is 71.5 Å². The van der Waals surface area contributed by atoms with Gasteiger partial charge in [-0.05, 0) is 35.2 Å². The first-order valence-electron chi connectivity index (χ1n) is 13.7. The molecule has 0 radical (unpaired) electrons. The lowest BCUT2D eigenvalue weighted by molar-refractivity contribution is -0.0331. The van der Waals surface area contributed by atoms with Crippen LogP contribution in [0.5, 0.6) is 0 Å². The second kappa shape index (κ2) is 13.6. The highest BCUT2D eigenvalue weighted by Crippen LogP contribution is 2.48. The van der Waals surface area contributed by atoms with Gasteiger partial charge in [-0.3, -0.25) is 9.36 Å². The summed E-state index contributed by atoms with van der Waals surface area (Å²) in [5.74, 6) is -0.0528. The maximum Gasteiger partial charge on any atom is 0.695 e. The molecule has 1 aliphatic heterocycles. The second-order valence-electron chi connectivity index (χ2n) is 11.0. The number of imidazole rings is 1. The molecule has 5 N–H and O–H groups in total. The van der Waals surface area contributed by atoms with E-state index >= 15 is 0 Å². The zero-order valence-corrected chi connectivity index (χ0v) is 26.6. The molecule has 1 amide bonds. The van der Waals surface area contributed by atoms with E-state index in [1.165, 1.54) is 6.33 Å². The van der Waals surface area contributed by atoms with E-state index in [1.807, 2.05) is 13.0 Å². The van der Waals surface area contributed by atoms with Crippen LogP contribution in [-0.4, -0.2) is 56.9 Å². The molecule has 12 nitrogen and oxygen atoms in total. The largest absolute Gasteiger partial charge is 0.695 e. The predicted octanol–water partition coefficient (Wildman–Crippen LogP) is 6.14. The van der Waals surface area contributed by atoms with Gasteiger partial charge in [0.2, 0.25) is 8.32 Å². The van der Waals surface area contributed by atoms with Crippen LogP contribution < -0.4 is 11.5 Å². The zero-order valence-electron chi connectivity index (χ0n) is 24.7. The molecule has 0 saturated carbocycles. The first-order chi connectivity index (χ1) is 19.0. The van der Waals surface area contributed by atoms with Gasteiger partial charge in [-0.1, -0.05) is 66.7 Å². The standard InChI is InChI=1S/C27H38N5O6PSi.H3N/c1-8-20-22(37-39(34)35)23(38-40(16(2)3,17(4)5)18(6)7)27(36-20)32-15-30-21-24(28-14-29-25(21)32)31-26(33)19-12-10-9-11-13-19;/h9-18,20,22-23,27H,8H2,1-7H3,(H-,28,29,31,33,34,35);1H3/p+1/t20-,22+,23-,27-;/m1./s1. The average molecular weight is 606 g/mol. The third kappa shape index (κ3) is 6.41. The molecular formula is C27H42N6O6PSi+. The van der Waals surface area contributed by atoms with Gasteiger partial charge >= 0.3 is 8.25 Å². The van der Waals surface area contributed by atoms with Gasteiger partial charge in [-0.15, -0.1) is 9.42 Å². The van der Waals surface area contributed by atoms with Crippen molar-refractivity contribution in [1.82, 2.24) is 25.7 Å². The zero-order chi connectivity index (χ0) is 29.2. The van der Waals surface area contributed by atoms with Gasteiger partial charge in [0, 0.05) is 10.1 Å². The molecule has 4 rings (SSSR count). The fourth-order valence-electron chi connectivity index (χ4n) is 6.16. The Morgan fingerprint density at radius 1 is 1.07 bits per heavy atom. The number of benzene rings is 1. The molecule has 2 aromatic heterocycles. The number of aromatic nitrogens is 4. The molecular weight excluding hydrogens is 563 g/mol. The molecule has 1 unspecified atom stereocenters. The number of amides is 1. The molecule has 1 aromatic carbocycles. The molecule has 224 valence electrons. The van der Waals surface area contributed by atoms with Gasteiger partial charge in [0.25, 0.3) is 5.91 Å². The summed E-state index contributed by atoms with van der Waals surface area (Å²) in [6.45, 7) is 15.0. The lowest BCUT2D eigenvalue weighted by atomic mass is 10.1. The van der Waals surface area contributed by atoms with E-state index in [0.29, 0.717) is 23.1 Å². The molecule has 1 fully saturated rings. The number of carbonyl (C=O) groups is 1. The summed E-state index contributed by atoms with van der Waals surface area (Å²) in [4.78, 5) is 35.9. The number of hydrogen-bond donors (Lipinski definition) is 3. The number of ether oxygens (including phenoxy) is 1. The fourth-order valence-corrected chi connectivity index (χ4v) is 12.2. The Bertz CT molecular complexity index is 1320. The Hall–Kier alpha value is -2.64. The van der Waals surface area contributed by atoms with E-state index in [1.54, 1.807) is 35.2 Å². The van der Waals surface area contributed by atoms with Crippen LogP contribution in [0.15, 0.2) is 43.0 Å². The summed E-state index contributed by atoms with van der Waals surface area (Å²) in [5.41, 5.74) is 2.10. The van der Waals surface area contributed by atoms with E-state index in [4.69, 9.17) is 13.7 Å². The maximum atomic E-state index is 12.8. The quantitative estimate of drug-likeness (QED) is 0.170. The summed E-state index contributed by atoms with van der Waals surface area (Å²) >= 11 is 0. The molecule has 0 spiro atoms. The molecule has 1 aliphatic rings. The van der Waals surface area contributed by atoms with Crippen molar-refractivity contribution in [3.8, 4) is 0 Å². The Morgan fingerprint density at radius 2 is 1.71 bits per heavy atom. The highest BCUT2D eigenvalue weighted by molar-refractivity contribution is 7.32. The Balaban J connectivity index is 0.00000462. The molecule has 0 aliphatic carbocycles. The number of nitrogens with one attached hydrogen (secondary N) is 1. The molecule has 0 bridgehead atoms. The number of nitrogens with zero attached hydrogens (tertiary/aromatic N) is 4. The molecule has 3 aromatic rings. The van der Waals surface area contributed by atoms with Gasteiger partial charge in [-0.25, -0.2) is 15.0 Å². The van der Waals surface area contributed by atoms with Crippen LogP contribution in [0.2, 0.25) is 16.6 Å². The predicted molar refractivity (Wildman–Crippen MR) is 160 cm³/mol. The smallest absolute Gasteiger partial charge is 0.406 e. The van der Waals surface area contributed by atoms with Crippen LogP contribution in [0.4, 0.5) is 5.82 Å². The number of rotatable bonds is 11. The normalized spacial score (nSPS) is 21.5. The summed E-state index contributed by atoms with van der Waals surface area (Å²) in [7, 11) is -5.38. The minimum absolute atomic E-state index is 0. The van der Waals surface area contributed by atoms with Gasteiger partial charge < -0.3 is 20.6 Å². The van der Waals surface area contributed by atoms with E-state index in [0.717, 1.165) is 0 Å². The van der Waals surface area contributed by atoms with Gasteiger partial charge in [0.1, 0.15) is 12.4 Å². The lowest BCUT2D eigenvalue weighted by Gasteiger charge is -2.45. The highest BCUT2D eigenvalue weighted by atomic mass is 31.1. The summed E-state index contributed by atoms with van der Waals surface area (Å²) in [6.07, 6.45) is 0.797. The van der Waals surface area contributed by atoms with Crippen LogP contribution >= 0.6 is 8.25 Å². The first-order valence-corrected chi connectivity index (χ1v) is 17.0. The molecule has 41 heavy (non-hydrogen) atoms. The van der Waals surface area contributed by atoms with Crippen LogP contribution in [0, 0.1) is 0 Å². The summed E-state index contributed by atoms with van der Waals surface area (Å²) in [5, 5.41) is 2.83. The van der Waals surface area contributed by atoms with Crippen LogP contribution in [0.3, 0.4) is 0 Å².